The van der Waals surface area contributed by atoms with Crippen LogP contribution in [0.15, 0.2) is 65.2 Å². The summed E-state index contributed by atoms with van der Waals surface area (Å²) in [6.07, 6.45) is 1.92. The molecule has 0 unspecified atom stereocenters. The van der Waals surface area contributed by atoms with Crippen molar-refractivity contribution in [3.05, 3.63) is 77.5 Å². The highest BCUT2D eigenvalue weighted by Gasteiger charge is 2.14. The third-order valence-electron chi connectivity index (χ3n) is 4.38. The van der Waals surface area contributed by atoms with Crippen LogP contribution in [0.25, 0.3) is 33.6 Å². The summed E-state index contributed by atoms with van der Waals surface area (Å²) >= 11 is 0. The average molecular weight is 313 g/mol. The van der Waals surface area contributed by atoms with Crippen LogP contribution < -0.4 is 0 Å². The first-order valence-electron chi connectivity index (χ1n) is 8.15. The normalized spacial score (nSPS) is 11.1. The van der Waals surface area contributed by atoms with Crippen LogP contribution in [0.4, 0.5) is 0 Å². The molecule has 0 fully saturated rings. The van der Waals surface area contributed by atoms with Gasteiger partial charge >= 0.3 is 0 Å². The lowest BCUT2D eigenvalue weighted by Gasteiger charge is -2.04. The summed E-state index contributed by atoms with van der Waals surface area (Å²) < 4.78 is 6.17. The topological polar surface area (TPSA) is 26.0 Å². The molecule has 0 aliphatic carbocycles. The van der Waals surface area contributed by atoms with Gasteiger partial charge in [0.25, 0.3) is 0 Å². The van der Waals surface area contributed by atoms with Crippen LogP contribution >= 0.6 is 0 Å². The summed E-state index contributed by atoms with van der Waals surface area (Å²) in [6.45, 7) is 6.31. The van der Waals surface area contributed by atoms with Crippen molar-refractivity contribution >= 4 is 11.0 Å². The van der Waals surface area contributed by atoms with Gasteiger partial charge in [0.1, 0.15) is 11.3 Å². The molecule has 2 aromatic heterocycles. The molecule has 0 saturated carbocycles. The molecule has 4 aromatic rings. The van der Waals surface area contributed by atoms with Crippen LogP contribution in [0.1, 0.15) is 16.7 Å². The molecule has 0 aliphatic heterocycles. The number of aryl methyl sites for hydroxylation is 3. The van der Waals surface area contributed by atoms with Gasteiger partial charge in [0.2, 0.25) is 0 Å². The first-order chi connectivity index (χ1) is 11.6. The second-order valence-electron chi connectivity index (χ2n) is 6.36. The van der Waals surface area contributed by atoms with Crippen molar-refractivity contribution in [3.8, 4) is 22.6 Å². The number of rotatable bonds is 2. The Morgan fingerprint density at radius 1 is 0.792 bits per heavy atom. The lowest BCUT2D eigenvalue weighted by Crippen LogP contribution is -1.86. The molecule has 0 aliphatic rings. The van der Waals surface area contributed by atoms with Gasteiger partial charge in [-0.25, -0.2) is 0 Å². The Hall–Kier alpha value is -2.87. The zero-order valence-corrected chi connectivity index (χ0v) is 14.1. The van der Waals surface area contributed by atoms with Crippen LogP contribution in [0.2, 0.25) is 0 Å². The summed E-state index contributed by atoms with van der Waals surface area (Å²) in [6, 6.07) is 18.8. The molecule has 2 heteroatoms. The van der Waals surface area contributed by atoms with E-state index >= 15 is 0 Å². The maximum Gasteiger partial charge on any atom is 0.138 e. The summed E-state index contributed by atoms with van der Waals surface area (Å²) in [4.78, 5) is 4.67. The summed E-state index contributed by atoms with van der Waals surface area (Å²) in [5.41, 5.74) is 7.68. The van der Waals surface area contributed by atoms with Crippen molar-refractivity contribution in [2.75, 3.05) is 0 Å². The average Bonchev–Trinajstić information content (AvgIpc) is 2.91. The molecule has 0 saturated heterocycles. The Labute approximate surface area is 141 Å². The molecule has 0 amide bonds. The fraction of sp³-hybridized carbons (Fsp3) is 0.136. The predicted molar refractivity (Wildman–Crippen MR) is 99.1 cm³/mol. The highest BCUT2D eigenvalue weighted by atomic mass is 16.3. The minimum Gasteiger partial charge on any atom is -0.456 e. The molecule has 2 nitrogen and oxygen atoms in total. The van der Waals surface area contributed by atoms with Gasteiger partial charge in [-0.15, -0.1) is 0 Å². The second kappa shape index (κ2) is 5.64. The molecule has 4 rings (SSSR count). The van der Waals surface area contributed by atoms with E-state index in [0.29, 0.717) is 0 Å². The Bertz CT molecular complexity index is 1010. The summed E-state index contributed by atoms with van der Waals surface area (Å²) in [5, 5.41) is 1.07. The van der Waals surface area contributed by atoms with E-state index in [-0.39, 0.29) is 0 Å². The maximum absolute atomic E-state index is 6.17. The van der Waals surface area contributed by atoms with Gasteiger partial charge in [-0.2, -0.15) is 0 Å². The number of aromatic nitrogens is 1. The molecule has 2 heterocycles. The standard InChI is InChI=1S/C22H19NO/c1-14-9-15(2)11-18(10-14)20-12-21-19(13-23-20)16(3)22(24-21)17-7-5-4-6-8-17/h4-13H,1-3H3. The molecular weight excluding hydrogens is 294 g/mol. The molecule has 0 radical (unpaired) electrons. The molecule has 0 atom stereocenters. The monoisotopic (exact) mass is 313 g/mol. The van der Waals surface area contributed by atoms with E-state index in [0.717, 1.165) is 39.1 Å². The Morgan fingerprint density at radius 2 is 1.50 bits per heavy atom. The molecule has 118 valence electrons. The number of hydrogen-bond acceptors (Lipinski definition) is 2. The Kier molecular flexibility index (Phi) is 3.46. The van der Waals surface area contributed by atoms with E-state index < -0.39 is 0 Å². The third kappa shape index (κ3) is 2.50. The van der Waals surface area contributed by atoms with Gasteiger partial charge < -0.3 is 4.42 Å². The van der Waals surface area contributed by atoms with E-state index in [1.165, 1.54) is 11.1 Å². The number of pyridine rings is 1. The molecule has 0 spiro atoms. The fourth-order valence-electron chi connectivity index (χ4n) is 3.26. The molecule has 0 bridgehead atoms. The lowest BCUT2D eigenvalue weighted by atomic mass is 10.0. The van der Waals surface area contributed by atoms with Crippen molar-refractivity contribution in [1.29, 1.82) is 0 Å². The van der Waals surface area contributed by atoms with E-state index in [1.54, 1.807) is 0 Å². The SMILES string of the molecule is Cc1cc(C)cc(-c2cc3oc(-c4ccccc4)c(C)c3cn2)c1. The minimum atomic E-state index is 0.885. The largest absolute Gasteiger partial charge is 0.456 e. The second-order valence-corrected chi connectivity index (χ2v) is 6.36. The minimum absolute atomic E-state index is 0.885. The first-order valence-corrected chi connectivity index (χ1v) is 8.15. The van der Waals surface area contributed by atoms with Crippen molar-refractivity contribution in [3.63, 3.8) is 0 Å². The lowest BCUT2D eigenvalue weighted by molar-refractivity contribution is 0.629. The van der Waals surface area contributed by atoms with E-state index in [4.69, 9.17) is 4.42 Å². The van der Waals surface area contributed by atoms with Crippen LogP contribution in [-0.4, -0.2) is 4.98 Å². The maximum atomic E-state index is 6.17. The van der Waals surface area contributed by atoms with Gasteiger partial charge in [-0.1, -0.05) is 47.5 Å². The number of benzene rings is 2. The van der Waals surface area contributed by atoms with Gasteiger partial charge in [0, 0.05) is 34.3 Å². The summed E-state index contributed by atoms with van der Waals surface area (Å²) in [7, 11) is 0. The van der Waals surface area contributed by atoms with Gasteiger partial charge in [0.15, 0.2) is 0 Å². The predicted octanol–water partition coefficient (Wildman–Crippen LogP) is 6.09. The number of fused-ring (bicyclic) bond motifs is 1. The van der Waals surface area contributed by atoms with Crippen LogP contribution in [0.3, 0.4) is 0 Å². The summed E-state index contributed by atoms with van der Waals surface area (Å²) in [5.74, 6) is 0.921. The molecule has 24 heavy (non-hydrogen) atoms. The molecule has 0 N–H and O–H groups in total. The van der Waals surface area contributed by atoms with Crippen molar-refractivity contribution < 1.29 is 4.42 Å². The van der Waals surface area contributed by atoms with E-state index in [1.807, 2.05) is 30.5 Å². The Morgan fingerprint density at radius 3 is 2.21 bits per heavy atom. The van der Waals surface area contributed by atoms with Crippen molar-refractivity contribution in [2.24, 2.45) is 0 Å². The van der Waals surface area contributed by atoms with Crippen LogP contribution in [0.5, 0.6) is 0 Å². The fourth-order valence-corrected chi connectivity index (χ4v) is 3.26. The van der Waals surface area contributed by atoms with Crippen LogP contribution in [0, 0.1) is 20.8 Å². The van der Waals surface area contributed by atoms with Crippen LogP contribution in [-0.2, 0) is 0 Å². The third-order valence-corrected chi connectivity index (χ3v) is 4.38. The van der Waals surface area contributed by atoms with Crippen molar-refractivity contribution in [1.82, 2.24) is 4.98 Å². The van der Waals surface area contributed by atoms with Crippen molar-refractivity contribution in [2.45, 2.75) is 20.8 Å². The number of furan rings is 1. The van der Waals surface area contributed by atoms with E-state index in [9.17, 15) is 0 Å². The Balaban J connectivity index is 1.87. The number of nitrogens with zero attached hydrogens (tertiary/aromatic N) is 1. The zero-order chi connectivity index (χ0) is 16.7. The highest BCUT2D eigenvalue weighted by molar-refractivity contribution is 5.89. The quantitative estimate of drug-likeness (QED) is 0.448. The number of hydrogen-bond donors (Lipinski definition) is 0. The molecule has 2 aromatic carbocycles. The van der Waals surface area contributed by atoms with Gasteiger partial charge in [0.05, 0.1) is 5.69 Å². The first kappa shape index (κ1) is 14.7. The van der Waals surface area contributed by atoms with Gasteiger partial charge in [-0.05, 0) is 32.9 Å². The smallest absolute Gasteiger partial charge is 0.138 e. The zero-order valence-electron chi connectivity index (χ0n) is 14.1. The van der Waals surface area contributed by atoms with E-state index in [2.05, 4.69) is 56.1 Å². The van der Waals surface area contributed by atoms with Gasteiger partial charge in [-0.3, -0.25) is 4.98 Å². The molecular formula is C22H19NO. The highest BCUT2D eigenvalue weighted by Crippen LogP contribution is 2.34.